The first kappa shape index (κ1) is 10.4. The average molecular weight is 217 g/mol. The number of amides is 1. The van der Waals surface area contributed by atoms with Gasteiger partial charge in [-0.1, -0.05) is 11.6 Å². The van der Waals surface area contributed by atoms with Gasteiger partial charge in [0.15, 0.2) is 0 Å². The lowest BCUT2D eigenvalue weighted by Gasteiger charge is -2.01. The molecule has 4 heteroatoms. The zero-order chi connectivity index (χ0) is 11.7. The molecule has 0 spiro atoms. The van der Waals surface area contributed by atoms with Gasteiger partial charge in [0.05, 0.1) is 0 Å². The predicted octanol–water partition coefficient (Wildman–Crippen LogP) is 1.46. The fourth-order valence-electron chi connectivity index (χ4n) is 1.54. The van der Waals surface area contributed by atoms with Gasteiger partial charge in [-0.25, -0.2) is 4.79 Å². The SMILES string of the molecule is CNC(=O)c1cc2cc(C)ccc2oc1=O. The van der Waals surface area contributed by atoms with E-state index in [0.29, 0.717) is 5.58 Å². The molecule has 1 aromatic heterocycles. The van der Waals surface area contributed by atoms with Crippen LogP contribution < -0.4 is 10.9 Å². The summed E-state index contributed by atoms with van der Waals surface area (Å²) in [5, 5.41) is 3.15. The van der Waals surface area contributed by atoms with E-state index in [4.69, 9.17) is 4.42 Å². The maximum atomic E-state index is 11.5. The molecule has 0 aliphatic rings. The Morgan fingerprint density at radius 3 is 2.75 bits per heavy atom. The highest BCUT2D eigenvalue weighted by Crippen LogP contribution is 2.15. The molecule has 1 amide bonds. The van der Waals surface area contributed by atoms with Gasteiger partial charge in [0.2, 0.25) is 0 Å². The maximum absolute atomic E-state index is 11.5. The molecule has 0 atom stereocenters. The van der Waals surface area contributed by atoms with E-state index in [9.17, 15) is 9.59 Å². The molecule has 4 nitrogen and oxygen atoms in total. The van der Waals surface area contributed by atoms with E-state index in [1.165, 1.54) is 7.05 Å². The van der Waals surface area contributed by atoms with Crippen molar-refractivity contribution in [1.82, 2.24) is 5.32 Å². The first-order chi connectivity index (χ1) is 7.61. The summed E-state index contributed by atoms with van der Waals surface area (Å²) in [6.45, 7) is 1.93. The molecule has 0 fully saturated rings. The number of hydrogen-bond acceptors (Lipinski definition) is 3. The number of carbonyl (C=O) groups is 1. The molecule has 1 heterocycles. The summed E-state index contributed by atoms with van der Waals surface area (Å²) in [6.07, 6.45) is 0. The van der Waals surface area contributed by atoms with Crippen LogP contribution in [0.15, 0.2) is 33.5 Å². The highest BCUT2D eigenvalue weighted by atomic mass is 16.4. The number of nitrogens with one attached hydrogen (secondary N) is 1. The highest BCUT2D eigenvalue weighted by molar-refractivity contribution is 5.96. The number of fused-ring (bicyclic) bond motifs is 1. The van der Waals surface area contributed by atoms with Crippen LogP contribution in [0, 0.1) is 6.92 Å². The van der Waals surface area contributed by atoms with Crippen LogP contribution in [0.25, 0.3) is 11.0 Å². The summed E-state index contributed by atoms with van der Waals surface area (Å²) < 4.78 is 5.05. The molecule has 1 aromatic carbocycles. The van der Waals surface area contributed by atoms with Crippen LogP contribution in [0.4, 0.5) is 0 Å². The van der Waals surface area contributed by atoms with Crippen LogP contribution in [0.5, 0.6) is 0 Å². The van der Waals surface area contributed by atoms with Crippen molar-refractivity contribution in [3.63, 3.8) is 0 Å². The van der Waals surface area contributed by atoms with Gasteiger partial charge in [0.25, 0.3) is 5.91 Å². The summed E-state index contributed by atoms with van der Waals surface area (Å²) in [6, 6.07) is 6.99. The van der Waals surface area contributed by atoms with Crippen LogP contribution in [-0.2, 0) is 0 Å². The number of aryl methyl sites for hydroxylation is 1. The smallest absolute Gasteiger partial charge is 0.349 e. The van der Waals surface area contributed by atoms with E-state index in [1.807, 2.05) is 19.1 Å². The van der Waals surface area contributed by atoms with Crippen LogP contribution in [0.3, 0.4) is 0 Å². The molecule has 0 aliphatic carbocycles. The van der Waals surface area contributed by atoms with Crippen molar-refractivity contribution < 1.29 is 9.21 Å². The Morgan fingerprint density at radius 1 is 1.31 bits per heavy atom. The monoisotopic (exact) mass is 217 g/mol. The molecule has 0 aliphatic heterocycles. The maximum Gasteiger partial charge on any atom is 0.349 e. The molecule has 0 bridgehead atoms. The molecular formula is C12H11NO3. The van der Waals surface area contributed by atoms with Gasteiger partial charge < -0.3 is 9.73 Å². The molecular weight excluding hydrogens is 206 g/mol. The molecule has 16 heavy (non-hydrogen) atoms. The second-order valence-electron chi connectivity index (χ2n) is 3.57. The minimum absolute atomic E-state index is 0.0283. The van der Waals surface area contributed by atoms with Crippen molar-refractivity contribution in [3.8, 4) is 0 Å². The zero-order valence-corrected chi connectivity index (χ0v) is 9.03. The van der Waals surface area contributed by atoms with Crippen molar-refractivity contribution >= 4 is 16.9 Å². The largest absolute Gasteiger partial charge is 0.422 e. The average Bonchev–Trinajstić information content (AvgIpc) is 2.28. The van der Waals surface area contributed by atoms with Gasteiger partial charge in [0.1, 0.15) is 11.1 Å². The van der Waals surface area contributed by atoms with E-state index in [0.717, 1.165) is 10.9 Å². The summed E-state index contributed by atoms with van der Waals surface area (Å²) in [5.41, 5.74) is 0.948. The normalized spacial score (nSPS) is 10.4. The van der Waals surface area contributed by atoms with Crippen LogP contribution in [0.2, 0.25) is 0 Å². The van der Waals surface area contributed by atoms with Crippen molar-refractivity contribution in [2.24, 2.45) is 0 Å². The number of benzene rings is 1. The summed E-state index contributed by atoms with van der Waals surface area (Å²) in [4.78, 5) is 22.9. The molecule has 0 saturated carbocycles. The van der Waals surface area contributed by atoms with Gasteiger partial charge in [-0.05, 0) is 25.1 Å². The standard InChI is InChI=1S/C12H11NO3/c1-7-3-4-10-8(5-7)6-9(11(14)13-2)12(15)16-10/h3-6H,1-2H3,(H,13,14). The first-order valence-corrected chi connectivity index (χ1v) is 4.88. The predicted molar refractivity (Wildman–Crippen MR) is 60.6 cm³/mol. The summed E-state index contributed by atoms with van der Waals surface area (Å²) >= 11 is 0. The lowest BCUT2D eigenvalue weighted by Crippen LogP contribution is -2.24. The molecule has 2 rings (SSSR count). The third kappa shape index (κ3) is 1.69. The Morgan fingerprint density at radius 2 is 2.06 bits per heavy atom. The lowest BCUT2D eigenvalue weighted by atomic mass is 10.1. The molecule has 82 valence electrons. The molecule has 0 unspecified atom stereocenters. The first-order valence-electron chi connectivity index (χ1n) is 4.88. The van der Waals surface area contributed by atoms with Crippen molar-refractivity contribution in [3.05, 3.63) is 45.8 Å². The zero-order valence-electron chi connectivity index (χ0n) is 9.03. The molecule has 0 saturated heterocycles. The fraction of sp³-hybridized carbons (Fsp3) is 0.167. The van der Waals surface area contributed by atoms with E-state index in [-0.39, 0.29) is 5.56 Å². The third-order valence-electron chi connectivity index (χ3n) is 2.36. The van der Waals surface area contributed by atoms with Gasteiger partial charge in [-0.15, -0.1) is 0 Å². The number of hydrogen-bond donors (Lipinski definition) is 1. The Hall–Kier alpha value is -2.10. The van der Waals surface area contributed by atoms with Crippen molar-refractivity contribution in [2.75, 3.05) is 7.05 Å². The van der Waals surface area contributed by atoms with Crippen molar-refractivity contribution in [2.45, 2.75) is 6.92 Å². The second kappa shape index (κ2) is 3.81. The topological polar surface area (TPSA) is 59.3 Å². The Bertz CT molecular complexity index is 613. The third-order valence-corrected chi connectivity index (χ3v) is 2.36. The Labute approximate surface area is 91.9 Å². The minimum Gasteiger partial charge on any atom is -0.422 e. The highest BCUT2D eigenvalue weighted by Gasteiger charge is 2.11. The fourth-order valence-corrected chi connectivity index (χ4v) is 1.54. The number of rotatable bonds is 1. The minimum atomic E-state index is -0.615. The van der Waals surface area contributed by atoms with Crippen LogP contribution in [0.1, 0.15) is 15.9 Å². The van der Waals surface area contributed by atoms with Crippen LogP contribution >= 0.6 is 0 Å². The van der Waals surface area contributed by atoms with E-state index < -0.39 is 11.5 Å². The summed E-state index contributed by atoms with van der Waals surface area (Å²) in [7, 11) is 1.47. The Balaban J connectivity index is 2.74. The van der Waals surface area contributed by atoms with Crippen molar-refractivity contribution in [1.29, 1.82) is 0 Å². The van der Waals surface area contributed by atoms with E-state index in [1.54, 1.807) is 12.1 Å². The Kier molecular flexibility index (Phi) is 2.48. The van der Waals surface area contributed by atoms with E-state index in [2.05, 4.69) is 5.32 Å². The number of carbonyl (C=O) groups excluding carboxylic acids is 1. The van der Waals surface area contributed by atoms with Gasteiger partial charge >= 0.3 is 5.63 Å². The van der Waals surface area contributed by atoms with Gasteiger partial charge in [0, 0.05) is 12.4 Å². The summed E-state index contributed by atoms with van der Waals surface area (Å²) in [5.74, 6) is -0.433. The quantitative estimate of drug-likeness (QED) is 0.736. The molecule has 1 N–H and O–H groups in total. The van der Waals surface area contributed by atoms with Crippen LogP contribution in [-0.4, -0.2) is 13.0 Å². The van der Waals surface area contributed by atoms with Gasteiger partial charge in [-0.3, -0.25) is 4.79 Å². The lowest BCUT2D eigenvalue weighted by molar-refractivity contribution is 0.0959. The molecule has 0 radical (unpaired) electrons. The molecule has 2 aromatic rings. The van der Waals surface area contributed by atoms with Gasteiger partial charge in [-0.2, -0.15) is 0 Å². The second-order valence-corrected chi connectivity index (χ2v) is 3.57. The van der Waals surface area contributed by atoms with E-state index >= 15 is 0 Å².